The van der Waals surface area contributed by atoms with Gasteiger partial charge in [-0.1, -0.05) is 35.3 Å². The Morgan fingerprint density at radius 2 is 1.62 bits per heavy atom. The minimum atomic E-state index is -4.56. The van der Waals surface area contributed by atoms with Crippen LogP contribution in [0.25, 0.3) is 11.8 Å². The van der Waals surface area contributed by atoms with Crippen molar-refractivity contribution in [3.63, 3.8) is 0 Å². The number of carbonyl (C=O) groups is 2. The van der Waals surface area contributed by atoms with Crippen molar-refractivity contribution in [3.8, 4) is 5.69 Å². The fourth-order valence-corrected chi connectivity index (χ4v) is 5.04. The van der Waals surface area contributed by atoms with Crippen molar-refractivity contribution in [3.05, 3.63) is 97.9 Å². The third-order valence-electron chi connectivity index (χ3n) is 6.12. The summed E-state index contributed by atoms with van der Waals surface area (Å²) in [5.41, 5.74) is 1.34. The Bertz CT molecular complexity index is 1480. The van der Waals surface area contributed by atoms with Gasteiger partial charge >= 0.3 is 12.1 Å². The average molecular weight is 549 g/mol. The number of anilines is 1. The number of carbonyl (C=O) groups excluding carboxylic acids is 2. The van der Waals surface area contributed by atoms with Gasteiger partial charge < -0.3 is 9.30 Å². The lowest BCUT2D eigenvalue weighted by atomic mass is 10.0. The molecule has 0 atom stereocenters. The molecule has 0 saturated carbocycles. The van der Waals surface area contributed by atoms with Gasteiger partial charge in [0.1, 0.15) is 0 Å². The third kappa shape index (κ3) is 4.79. The van der Waals surface area contributed by atoms with E-state index in [1.165, 1.54) is 59.1 Å². The number of esters is 1. The molecule has 1 aliphatic rings. The van der Waals surface area contributed by atoms with E-state index in [1.54, 1.807) is 26.8 Å². The van der Waals surface area contributed by atoms with Crippen LogP contribution in [0.2, 0.25) is 10.0 Å². The molecule has 0 radical (unpaired) electrons. The van der Waals surface area contributed by atoms with Gasteiger partial charge in [-0.25, -0.2) is 4.79 Å². The Kier molecular flexibility index (Phi) is 7.01. The minimum absolute atomic E-state index is 0.0316. The second kappa shape index (κ2) is 9.76. The van der Waals surface area contributed by atoms with E-state index in [0.717, 1.165) is 6.07 Å². The summed E-state index contributed by atoms with van der Waals surface area (Å²) in [4.78, 5) is 27.6. The van der Waals surface area contributed by atoms with Crippen LogP contribution in [-0.2, 0) is 20.5 Å². The predicted molar refractivity (Wildman–Crippen MR) is 137 cm³/mol. The molecule has 0 aliphatic carbocycles. The SMILES string of the molecule is COC(=O)C1=C(C)N(c2cc(Cl)cc(Cl)c2)C(=O)/C1=C\c1cc(C)n(-c2ccccc2C(F)(F)F)c1C. The highest BCUT2D eigenvalue weighted by Gasteiger charge is 2.39. The first kappa shape index (κ1) is 26.6. The topological polar surface area (TPSA) is 51.5 Å². The highest BCUT2D eigenvalue weighted by Crippen LogP contribution is 2.39. The minimum Gasteiger partial charge on any atom is -0.465 e. The zero-order chi connectivity index (χ0) is 27.2. The molecule has 1 amide bonds. The van der Waals surface area contributed by atoms with Gasteiger partial charge in [-0.15, -0.1) is 0 Å². The summed E-state index contributed by atoms with van der Waals surface area (Å²) in [5.74, 6) is -1.26. The molecule has 4 rings (SSSR count). The first-order chi connectivity index (χ1) is 17.3. The average Bonchev–Trinajstić information content (AvgIpc) is 3.23. The predicted octanol–water partition coefficient (Wildman–Crippen LogP) is 7.30. The van der Waals surface area contributed by atoms with Crippen LogP contribution in [0.1, 0.15) is 29.4 Å². The van der Waals surface area contributed by atoms with Crippen molar-refractivity contribution < 1.29 is 27.5 Å². The Labute approximate surface area is 221 Å². The number of hydrogen-bond donors (Lipinski definition) is 0. The number of ether oxygens (including phenoxy) is 1. The normalized spacial score (nSPS) is 15.2. The van der Waals surface area contributed by atoms with Gasteiger partial charge in [0.15, 0.2) is 0 Å². The number of alkyl halides is 3. The number of aromatic nitrogens is 1. The van der Waals surface area contributed by atoms with Gasteiger partial charge in [-0.2, -0.15) is 13.2 Å². The molecule has 0 bridgehead atoms. The molecule has 0 fully saturated rings. The second-order valence-electron chi connectivity index (χ2n) is 8.46. The summed E-state index contributed by atoms with van der Waals surface area (Å²) >= 11 is 12.3. The van der Waals surface area contributed by atoms with Crippen LogP contribution >= 0.6 is 23.2 Å². The third-order valence-corrected chi connectivity index (χ3v) is 6.55. The monoisotopic (exact) mass is 548 g/mol. The molecule has 0 saturated heterocycles. The summed E-state index contributed by atoms with van der Waals surface area (Å²) in [6, 6.07) is 11.5. The van der Waals surface area contributed by atoms with Gasteiger partial charge in [-0.05, 0) is 68.8 Å². The molecule has 0 N–H and O–H groups in total. The number of halogens is 5. The molecule has 5 nitrogen and oxygen atoms in total. The number of allylic oxidation sites excluding steroid dienone is 1. The lowest BCUT2D eigenvalue weighted by Gasteiger charge is -2.18. The molecule has 2 heterocycles. The first-order valence-electron chi connectivity index (χ1n) is 11.0. The lowest BCUT2D eigenvalue weighted by Crippen LogP contribution is -2.24. The quantitative estimate of drug-likeness (QED) is 0.254. The fourth-order valence-electron chi connectivity index (χ4n) is 4.53. The van der Waals surface area contributed by atoms with Gasteiger partial charge in [0.25, 0.3) is 5.91 Å². The Hall–Kier alpha value is -3.49. The van der Waals surface area contributed by atoms with E-state index in [4.69, 9.17) is 27.9 Å². The van der Waals surface area contributed by atoms with E-state index in [0.29, 0.717) is 38.4 Å². The number of methoxy groups -OCH3 is 1. The van der Waals surface area contributed by atoms with E-state index in [2.05, 4.69) is 0 Å². The molecule has 0 spiro atoms. The maximum absolute atomic E-state index is 13.7. The second-order valence-corrected chi connectivity index (χ2v) is 9.33. The van der Waals surface area contributed by atoms with Crippen LogP contribution in [0.15, 0.2) is 65.4 Å². The van der Waals surface area contributed by atoms with Crippen molar-refractivity contribution in [2.75, 3.05) is 12.0 Å². The standard InChI is InChI=1S/C27H21Cl2F3N2O3/c1-14-9-17(15(2)33(14)23-8-6-5-7-22(23)27(30,31)32)10-21-24(26(36)37-4)16(3)34(25(21)35)20-12-18(28)11-19(29)13-20/h5-13H,1-4H3/b21-10-. The zero-order valence-corrected chi connectivity index (χ0v) is 21.7. The summed E-state index contributed by atoms with van der Waals surface area (Å²) in [6.45, 7) is 4.90. The highest BCUT2D eigenvalue weighted by molar-refractivity contribution is 6.35. The van der Waals surface area contributed by atoms with Crippen LogP contribution in [0.4, 0.5) is 18.9 Å². The maximum atomic E-state index is 13.7. The number of benzene rings is 2. The number of nitrogens with zero attached hydrogens (tertiary/aromatic N) is 2. The lowest BCUT2D eigenvalue weighted by molar-refractivity contribution is -0.137. The van der Waals surface area contributed by atoms with Crippen molar-refractivity contribution >= 4 is 46.8 Å². The Morgan fingerprint density at radius 3 is 2.22 bits per heavy atom. The molecule has 1 aliphatic heterocycles. The Morgan fingerprint density at radius 1 is 1.00 bits per heavy atom. The number of rotatable bonds is 4. The molecule has 37 heavy (non-hydrogen) atoms. The molecule has 2 aromatic carbocycles. The number of aryl methyl sites for hydroxylation is 1. The number of para-hydroxylation sites is 1. The fraction of sp³-hybridized carbons (Fsp3) is 0.185. The molecular weight excluding hydrogens is 528 g/mol. The molecule has 1 aromatic heterocycles. The molecular formula is C27H21Cl2F3N2O3. The largest absolute Gasteiger partial charge is 0.465 e. The number of hydrogen-bond acceptors (Lipinski definition) is 3. The van der Waals surface area contributed by atoms with E-state index >= 15 is 0 Å². The van der Waals surface area contributed by atoms with Crippen molar-refractivity contribution in [2.24, 2.45) is 0 Å². The maximum Gasteiger partial charge on any atom is 0.418 e. The van der Waals surface area contributed by atoms with E-state index in [-0.39, 0.29) is 16.8 Å². The zero-order valence-electron chi connectivity index (χ0n) is 20.2. The van der Waals surface area contributed by atoms with E-state index in [1.807, 2.05) is 0 Å². The molecule has 10 heteroatoms. The summed E-state index contributed by atoms with van der Waals surface area (Å²) in [7, 11) is 1.20. The highest BCUT2D eigenvalue weighted by atomic mass is 35.5. The van der Waals surface area contributed by atoms with Gasteiger partial charge in [-0.3, -0.25) is 9.69 Å². The first-order valence-corrected chi connectivity index (χ1v) is 11.8. The molecule has 0 unspecified atom stereocenters. The number of amides is 1. The Balaban J connectivity index is 1.89. The van der Waals surface area contributed by atoms with Crippen LogP contribution in [-0.4, -0.2) is 23.6 Å². The van der Waals surface area contributed by atoms with Crippen LogP contribution in [0, 0.1) is 13.8 Å². The van der Waals surface area contributed by atoms with Crippen LogP contribution in [0.5, 0.6) is 0 Å². The molecule has 3 aromatic rings. The van der Waals surface area contributed by atoms with Gasteiger partial charge in [0, 0.05) is 27.1 Å². The summed E-state index contributed by atoms with van der Waals surface area (Å²) in [5, 5.41) is 0.596. The molecule has 192 valence electrons. The van der Waals surface area contributed by atoms with Crippen molar-refractivity contribution in [1.82, 2.24) is 4.57 Å². The van der Waals surface area contributed by atoms with Gasteiger partial charge in [0.05, 0.1) is 35.2 Å². The summed E-state index contributed by atoms with van der Waals surface area (Å²) in [6.07, 6.45) is -3.07. The van der Waals surface area contributed by atoms with Gasteiger partial charge in [0.2, 0.25) is 0 Å². The van der Waals surface area contributed by atoms with E-state index < -0.39 is 23.6 Å². The van der Waals surface area contributed by atoms with E-state index in [9.17, 15) is 22.8 Å². The van der Waals surface area contributed by atoms with Crippen LogP contribution in [0.3, 0.4) is 0 Å². The smallest absolute Gasteiger partial charge is 0.418 e. The van der Waals surface area contributed by atoms with Crippen LogP contribution < -0.4 is 4.90 Å². The van der Waals surface area contributed by atoms with Crippen molar-refractivity contribution in [2.45, 2.75) is 26.9 Å². The summed E-state index contributed by atoms with van der Waals surface area (Å²) < 4.78 is 47.5. The van der Waals surface area contributed by atoms with Crippen molar-refractivity contribution in [1.29, 1.82) is 0 Å².